The first-order chi connectivity index (χ1) is 12.1. The number of carbonyl (C=O) groups is 1. The van der Waals surface area contributed by atoms with Crippen LogP contribution in [0.3, 0.4) is 0 Å². The van der Waals surface area contributed by atoms with Crippen molar-refractivity contribution < 1.29 is 14.5 Å². The molecule has 0 bridgehead atoms. The van der Waals surface area contributed by atoms with Crippen LogP contribution in [0.2, 0.25) is 0 Å². The zero-order valence-corrected chi connectivity index (χ0v) is 13.9. The minimum atomic E-state index is -0.959. The van der Waals surface area contributed by atoms with Crippen molar-refractivity contribution in [3.8, 4) is 0 Å². The molecule has 3 rings (SSSR count). The number of nitrogens with one attached hydrogen (secondary N) is 1. The van der Waals surface area contributed by atoms with Crippen molar-refractivity contribution in [2.75, 3.05) is 6.61 Å². The van der Waals surface area contributed by atoms with Crippen LogP contribution in [0.4, 0.5) is 0 Å². The molecular formula is C19H20N2O4. The van der Waals surface area contributed by atoms with E-state index in [1.165, 1.54) is 0 Å². The van der Waals surface area contributed by atoms with E-state index in [0.717, 1.165) is 11.1 Å². The van der Waals surface area contributed by atoms with Crippen molar-refractivity contribution in [3.05, 3.63) is 81.9 Å². The molecule has 0 aliphatic carbocycles. The highest BCUT2D eigenvalue weighted by atomic mass is 16.6. The van der Waals surface area contributed by atoms with E-state index in [1.807, 2.05) is 60.7 Å². The number of benzene rings is 2. The maximum Gasteiger partial charge on any atom is 0.324 e. The first-order valence-corrected chi connectivity index (χ1v) is 8.29. The first-order valence-electron chi connectivity index (χ1n) is 8.29. The molecule has 0 spiro atoms. The third-order valence-electron chi connectivity index (χ3n) is 4.55. The number of hydrogen-bond donors (Lipinski definition) is 1. The molecule has 6 nitrogen and oxygen atoms in total. The molecule has 4 atom stereocenters. The van der Waals surface area contributed by atoms with Gasteiger partial charge in [0.1, 0.15) is 12.1 Å². The van der Waals surface area contributed by atoms with Gasteiger partial charge in [-0.05, 0) is 18.1 Å². The summed E-state index contributed by atoms with van der Waals surface area (Å²) in [5.74, 6) is -1.05. The molecule has 2 aromatic carbocycles. The number of hydrogen-bond acceptors (Lipinski definition) is 5. The van der Waals surface area contributed by atoms with E-state index in [2.05, 4.69) is 5.32 Å². The highest BCUT2D eigenvalue weighted by Gasteiger charge is 2.54. The third-order valence-corrected chi connectivity index (χ3v) is 4.55. The number of ether oxygens (including phenoxy) is 1. The second-order valence-electron chi connectivity index (χ2n) is 6.00. The van der Waals surface area contributed by atoms with Crippen molar-refractivity contribution in [3.63, 3.8) is 0 Å². The summed E-state index contributed by atoms with van der Waals surface area (Å²) < 4.78 is 5.17. The fourth-order valence-corrected chi connectivity index (χ4v) is 3.52. The van der Waals surface area contributed by atoms with Crippen LogP contribution in [0.25, 0.3) is 0 Å². The normalized spacial score (nSPS) is 25.5. The van der Waals surface area contributed by atoms with Crippen molar-refractivity contribution in [1.29, 1.82) is 0 Å². The van der Waals surface area contributed by atoms with Crippen LogP contribution in [0, 0.1) is 10.1 Å². The Labute approximate surface area is 146 Å². The van der Waals surface area contributed by atoms with Crippen LogP contribution in [-0.2, 0) is 9.53 Å². The predicted octanol–water partition coefficient (Wildman–Crippen LogP) is 2.69. The third kappa shape index (κ3) is 3.39. The van der Waals surface area contributed by atoms with E-state index >= 15 is 0 Å². The lowest BCUT2D eigenvalue weighted by atomic mass is 9.85. The summed E-state index contributed by atoms with van der Waals surface area (Å²) in [6.45, 7) is 1.96. The van der Waals surface area contributed by atoms with Gasteiger partial charge < -0.3 is 4.74 Å². The van der Waals surface area contributed by atoms with E-state index in [1.54, 1.807) is 6.92 Å². The van der Waals surface area contributed by atoms with Gasteiger partial charge in [-0.1, -0.05) is 60.7 Å². The lowest BCUT2D eigenvalue weighted by molar-refractivity contribution is -0.527. The Morgan fingerprint density at radius 2 is 1.64 bits per heavy atom. The van der Waals surface area contributed by atoms with Crippen LogP contribution in [0.15, 0.2) is 60.7 Å². The average molecular weight is 340 g/mol. The highest BCUT2D eigenvalue weighted by molar-refractivity contribution is 5.78. The Bertz CT molecular complexity index is 736. The molecule has 1 saturated heterocycles. The molecule has 0 saturated carbocycles. The van der Waals surface area contributed by atoms with Gasteiger partial charge in [0.25, 0.3) is 0 Å². The van der Waals surface area contributed by atoms with Crippen LogP contribution >= 0.6 is 0 Å². The highest BCUT2D eigenvalue weighted by Crippen LogP contribution is 2.40. The average Bonchev–Trinajstić information content (AvgIpc) is 3.04. The van der Waals surface area contributed by atoms with Gasteiger partial charge in [0.2, 0.25) is 6.04 Å². The van der Waals surface area contributed by atoms with Gasteiger partial charge in [-0.3, -0.25) is 20.2 Å². The van der Waals surface area contributed by atoms with Gasteiger partial charge in [0, 0.05) is 4.92 Å². The summed E-state index contributed by atoms with van der Waals surface area (Å²) in [7, 11) is 0. The van der Waals surface area contributed by atoms with E-state index < -0.39 is 30.0 Å². The topological polar surface area (TPSA) is 81.5 Å². The molecule has 1 heterocycles. The molecule has 1 aliphatic rings. The molecular weight excluding hydrogens is 320 g/mol. The number of rotatable bonds is 5. The van der Waals surface area contributed by atoms with Crippen molar-refractivity contribution in [1.82, 2.24) is 5.32 Å². The van der Waals surface area contributed by atoms with Crippen molar-refractivity contribution >= 4 is 5.97 Å². The van der Waals surface area contributed by atoms with Gasteiger partial charge >= 0.3 is 5.97 Å². The molecule has 0 aromatic heterocycles. The molecule has 1 fully saturated rings. The fraction of sp³-hybridized carbons (Fsp3) is 0.316. The number of carbonyl (C=O) groups excluding carboxylic acids is 1. The minimum Gasteiger partial charge on any atom is -0.465 e. The molecule has 25 heavy (non-hydrogen) atoms. The summed E-state index contributed by atoms with van der Waals surface area (Å²) in [6.07, 6.45) is 0. The van der Waals surface area contributed by atoms with E-state index in [0.29, 0.717) is 0 Å². The molecule has 6 heteroatoms. The second kappa shape index (κ2) is 7.44. The zero-order chi connectivity index (χ0) is 17.8. The number of nitro groups is 1. The molecule has 0 amide bonds. The van der Waals surface area contributed by atoms with Crippen molar-refractivity contribution in [2.45, 2.75) is 31.0 Å². The van der Waals surface area contributed by atoms with Crippen LogP contribution in [0.5, 0.6) is 0 Å². The van der Waals surface area contributed by atoms with Gasteiger partial charge in [-0.15, -0.1) is 0 Å². The maximum absolute atomic E-state index is 12.5. The summed E-state index contributed by atoms with van der Waals surface area (Å²) >= 11 is 0. The van der Waals surface area contributed by atoms with Crippen LogP contribution in [0.1, 0.15) is 30.0 Å². The summed E-state index contributed by atoms with van der Waals surface area (Å²) in [4.78, 5) is 24.1. The fourth-order valence-electron chi connectivity index (χ4n) is 3.52. The second-order valence-corrected chi connectivity index (χ2v) is 6.00. The lowest BCUT2D eigenvalue weighted by Crippen LogP contribution is -2.37. The maximum atomic E-state index is 12.5. The Kier molecular flexibility index (Phi) is 5.09. The van der Waals surface area contributed by atoms with Gasteiger partial charge in [-0.2, -0.15) is 0 Å². The van der Waals surface area contributed by atoms with Gasteiger partial charge in [0.15, 0.2) is 0 Å². The summed E-state index contributed by atoms with van der Waals surface area (Å²) in [6, 6.07) is 16.1. The Morgan fingerprint density at radius 1 is 1.08 bits per heavy atom. The molecule has 130 valence electrons. The largest absolute Gasteiger partial charge is 0.465 e. The lowest BCUT2D eigenvalue weighted by Gasteiger charge is -2.19. The summed E-state index contributed by atoms with van der Waals surface area (Å²) in [5, 5.41) is 15.1. The molecule has 1 aliphatic heterocycles. The Morgan fingerprint density at radius 3 is 2.16 bits per heavy atom. The quantitative estimate of drug-likeness (QED) is 0.514. The smallest absolute Gasteiger partial charge is 0.324 e. The standard InChI is InChI=1S/C19H20N2O4/c1-2-25-19(22)17-15(13-9-5-3-6-10-13)18(21(23)24)16(20-17)14-11-7-4-8-12-14/h3-12,15-18,20H,2H2,1H3/t15-,16+,17+,18+/m1/s1. The van der Waals surface area contributed by atoms with Crippen LogP contribution in [-0.4, -0.2) is 29.6 Å². The van der Waals surface area contributed by atoms with Crippen LogP contribution < -0.4 is 5.32 Å². The zero-order valence-electron chi connectivity index (χ0n) is 13.9. The van der Waals surface area contributed by atoms with E-state index in [9.17, 15) is 14.9 Å². The number of nitrogens with zero attached hydrogens (tertiary/aromatic N) is 1. The van der Waals surface area contributed by atoms with Crippen molar-refractivity contribution in [2.24, 2.45) is 0 Å². The Balaban J connectivity index is 2.05. The molecule has 0 unspecified atom stereocenters. The number of esters is 1. The SMILES string of the molecule is CCOC(=O)[C@H]1N[C@@H](c2ccccc2)[C@@H]([N+](=O)[O-])[C@@H]1c1ccccc1. The van der Waals surface area contributed by atoms with Gasteiger partial charge in [0.05, 0.1) is 12.5 Å². The molecule has 0 radical (unpaired) electrons. The minimum absolute atomic E-state index is 0.234. The summed E-state index contributed by atoms with van der Waals surface area (Å²) in [5.41, 5.74) is 1.55. The Hall–Kier alpha value is -2.73. The molecule has 2 aromatic rings. The van der Waals surface area contributed by atoms with Gasteiger partial charge in [-0.25, -0.2) is 0 Å². The van der Waals surface area contributed by atoms with E-state index in [4.69, 9.17) is 4.74 Å². The molecule has 1 N–H and O–H groups in total. The first kappa shape index (κ1) is 17.1. The van der Waals surface area contributed by atoms with E-state index in [-0.39, 0.29) is 11.5 Å². The monoisotopic (exact) mass is 340 g/mol. The predicted molar refractivity (Wildman–Crippen MR) is 92.7 cm³/mol.